The number of carbonyl (C=O) groups is 1. The molecule has 0 saturated carbocycles. The summed E-state index contributed by atoms with van der Waals surface area (Å²) in [6, 6.07) is 4.64. The number of H-pyrrole nitrogens is 1. The molecule has 0 bridgehead atoms. The van der Waals surface area contributed by atoms with Crippen molar-refractivity contribution in [3.8, 4) is 0 Å². The number of piperidine rings is 1. The average Bonchev–Trinajstić information content (AvgIpc) is 3.19. The molecule has 1 aromatic heterocycles. The molecule has 1 aromatic carbocycles. The molecule has 2 aliphatic rings. The third-order valence-electron chi connectivity index (χ3n) is 5.49. The molecule has 0 radical (unpaired) electrons. The van der Waals surface area contributed by atoms with E-state index in [1.807, 2.05) is 0 Å². The number of carboxylic acid groups (broad SMARTS) is 1. The van der Waals surface area contributed by atoms with Gasteiger partial charge in [-0.15, -0.1) is 0 Å². The van der Waals surface area contributed by atoms with Gasteiger partial charge in [-0.25, -0.2) is 14.0 Å². The molecule has 2 N–H and O–H groups in total. The van der Waals surface area contributed by atoms with Gasteiger partial charge >= 0.3 is 11.8 Å². The van der Waals surface area contributed by atoms with Crippen LogP contribution in [0.4, 0.5) is 9.18 Å². The maximum atomic E-state index is 13.6. The second-order valence-electron chi connectivity index (χ2n) is 6.90. The monoisotopic (exact) mass is 348 g/mol. The van der Waals surface area contributed by atoms with Gasteiger partial charge in [-0.1, -0.05) is 0 Å². The zero-order valence-electron chi connectivity index (χ0n) is 13.8. The van der Waals surface area contributed by atoms with Gasteiger partial charge in [-0.05, 0) is 37.5 Å². The van der Waals surface area contributed by atoms with Crippen molar-refractivity contribution in [2.45, 2.75) is 31.3 Å². The van der Waals surface area contributed by atoms with Crippen molar-refractivity contribution in [3.05, 3.63) is 34.5 Å². The number of hydrogen-bond donors (Lipinski definition) is 2. The topological polar surface area (TPSA) is 81.6 Å². The van der Waals surface area contributed by atoms with Crippen molar-refractivity contribution in [1.29, 1.82) is 0 Å². The summed E-state index contributed by atoms with van der Waals surface area (Å²) in [6.07, 6.45) is 1.60. The number of aromatic nitrogens is 2. The lowest BCUT2D eigenvalue weighted by Gasteiger charge is -2.36. The van der Waals surface area contributed by atoms with Crippen LogP contribution in [-0.4, -0.2) is 62.8 Å². The van der Waals surface area contributed by atoms with E-state index in [2.05, 4.69) is 9.88 Å². The number of halogens is 1. The van der Waals surface area contributed by atoms with E-state index >= 15 is 0 Å². The second-order valence-corrected chi connectivity index (χ2v) is 6.90. The SMILES string of the molecule is O=C(O)N1CC[C@@H](N2CCC(n3c(=O)[nH]c4ccc(F)cc43)CC2)C1. The minimum atomic E-state index is -0.857. The summed E-state index contributed by atoms with van der Waals surface area (Å²) in [5.74, 6) is -0.350. The third kappa shape index (κ3) is 2.90. The summed E-state index contributed by atoms with van der Waals surface area (Å²) in [5, 5.41) is 9.09. The van der Waals surface area contributed by atoms with Crippen LogP contribution >= 0.6 is 0 Å². The zero-order valence-corrected chi connectivity index (χ0v) is 13.8. The zero-order chi connectivity index (χ0) is 17.6. The Morgan fingerprint density at radius 3 is 2.56 bits per heavy atom. The van der Waals surface area contributed by atoms with Gasteiger partial charge in [-0.3, -0.25) is 9.47 Å². The number of amides is 1. The number of likely N-dealkylation sites (tertiary alicyclic amines) is 2. The number of rotatable bonds is 2. The Kier molecular flexibility index (Phi) is 3.99. The molecule has 134 valence electrons. The van der Waals surface area contributed by atoms with E-state index in [-0.39, 0.29) is 23.6 Å². The van der Waals surface area contributed by atoms with E-state index in [9.17, 15) is 14.0 Å². The Labute approximate surface area is 143 Å². The Morgan fingerprint density at radius 2 is 1.88 bits per heavy atom. The number of benzene rings is 1. The summed E-state index contributed by atoms with van der Waals surface area (Å²) in [5.41, 5.74) is 1.07. The fourth-order valence-electron chi connectivity index (χ4n) is 4.18. The lowest BCUT2D eigenvalue weighted by molar-refractivity contribution is 0.126. The summed E-state index contributed by atoms with van der Waals surface area (Å²) in [4.78, 5) is 29.9. The molecule has 1 atom stereocenters. The fourth-order valence-corrected chi connectivity index (χ4v) is 4.18. The average molecular weight is 348 g/mol. The first-order valence-corrected chi connectivity index (χ1v) is 8.64. The summed E-state index contributed by atoms with van der Waals surface area (Å²) in [6.45, 7) is 2.77. The van der Waals surface area contributed by atoms with Gasteiger partial charge < -0.3 is 15.0 Å². The van der Waals surface area contributed by atoms with Crippen LogP contribution in [0.15, 0.2) is 23.0 Å². The highest BCUT2D eigenvalue weighted by atomic mass is 19.1. The van der Waals surface area contributed by atoms with E-state index in [1.165, 1.54) is 17.0 Å². The van der Waals surface area contributed by atoms with Crippen molar-refractivity contribution >= 4 is 17.1 Å². The molecule has 1 amide bonds. The number of aromatic amines is 1. The number of nitrogens with zero attached hydrogens (tertiary/aromatic N) is 3. The maximum Gasteiger partial charge on any atom is 0.407 e. The molecular formula is C17H21FN4O3. The molecule has 2 saturated heterocycles. The summed E-state index contributed by atoms with van der Waals surface area (Å²) >= 11 is 0. The van der Waals surface area contributed by atoms with Crippen molar-refractivity contribution < 1.29 is 14.3 Å². The van der Waals surface area contributed by atoms with Crippen LogP contribution in [0.3, 0.4) is 0 Å². The molecule has 7 nitrogen and oxygen atoms in total. The second kappa shape index (κ2) is 6.18. The Hall–Kier alpha value is -2.35. The summed E-state index contributed by atoms with van der Waals surface area (Å²) in [7, 11) is 0. The fraction of sp³-hybridized carbons (Fsp3) is 0.529. The Balaban J connectivity index is 1.48. The van der Waals surface area contributed by atoms with Gasteiger partial charge in [0.25, 0.3) is 0 Å². The smallest absolute Gasteiger partial charge is 0.407 e. The lowest BCUT2D eigenvalue weighted by atomic mass is 10.0. The van der Waals surface area contributed by atoms with Crippen molar-refractivity contribution in [1.82, 2.24) is 19.4 Å². The molecule has 0 unspecified atom stereocenters. The van der Waals surface area contributed by atoms with Crippen LogP contribution in [0.25, 0.3) is 11.0 Å². The maximum absolute atomic E-state index is 13.6. The van der Waals surface area contributed by atoms with Crippen molar-refractivity contribution in [3.63, 3.8) is 0 Å². The predicted octanol–water partition coefficient (Wildman–Crippen LogP) is 1.86. The Morgan fingerprint density at radius 1 is 1.16 bits per heavy atom. The van der Waals surface area contributed by atoms with E-state index in [0.29, 0.717) is 24.1 Å². The first kappa shape index (κ1) is 16.1. The van der Waals surface area contributed by atoms with Gasteiger partial charge in [-0.2, -0.15) is 0 Å². The molecule has 2 fully saturated rings. The largest absolute Gasteiger partial charge is 0.465 e. The highest BCUT2D eigenvalue weighted by molar-refractivity contribution is 5.75. The third-order valence-corrected chi connectivity index (χ3v) is 5.49. The van der Waals surface area contributed by atoms with Crippen LogP contribution < -0.4 is 5.69 Å². The Bertz CT molecular complexity index is 853. The number of fused-ring (bicyclic) bond motifs is 1. The molecule has 4 rings (SSSR count). The molecule has 2 aromatic rings. The van der Waals surface area contributed by atoms with Crippen LogP contribution in [0.2, 0.25) is 0 Å². The molecule has 2 aliphatic heterocycles. The lowest BCUT2D eigenvalue weighted by Crippen LogP contribution is -2.44. The van der Waals surface area contributed by atoms with Gasteiger partial charge in [0.1, 0.15) is 5.82 Å². The molecule has 0 spiro atoms. The van der Waals surface area contributed by atoms with Crippen LogP contribution in [-0.2, 0) is 0 Å². The molecule has 25 heavy (non-hydrogen) atoms. The molecule has 3 heterocycles. The van der Waals surface area contributed by atoms with Gasteiger partial charge in [0, 0.05) is 38.3 Å². The van der Waals surface area contributed by atoms with Gasteiger partial charge in [0.05, 0.1) is 11.0 Å². The van der Waals surface area contributed by atoms with E-state index in [1.54, 1.807) is 10.6 Å². The van der Waals surface area contributed by atoms with E-state index in [4.69, 9.17) is 5.11 Å². The van der Waals surface area contributed by atoms with Crippen molar-refractivity contribution in [2.24, 2.45) is 0 Å². The molecule has 8 heteroatoms. The number of nitrogens with one attached hydrogen (secondary N) is 1. The molecule has 0 aliphatic carbocycles. The van der Waals surface area contributed by atoms with Gasteiger partial charge in [0.2, 0.25) is 0 Å². The van der Waals surface area contributed by atoms with Crippen LogP contribution in [0.5, 0.6) is 0 Å². The van der Waals surface area contributed by atoms with E-state index < -0.39 is 6.09 Å². The minimum absolute atomic E-state index is 0.0382. The first-order chi connectivity index (χ1) is 12.0. The highest BCUT2D eigenvalue weighted by Gasteiger charge is 2.33. The number of hydrogen-bond acceptors (Lipinski definition) is 3. The van der Waals surface area contributed by atoms with Crippen LogP contribution in [0.1, 0.15) is 25.3 Å². The predicted molar refractivity (Wildman–Crippen MR) is 90.4 cm³/mol. The number of imidazole rings is 1. The van der Waals surface area contributed by atoms with Crippen molar-refractivity contribution in [2.75, 3.05) is 26.2 Å². The highest BCUT2D eigenvalue weighted by Crippen LogP contribution is 2.28. The quantitative estimate of drug-likeness (QED) is 0.868. The summed E-state index contributed by atoms with van der Waals surface area (Å²) < 4.78 is 15.2. The van der Waals surface area contributed by atoms with Gasteiger partial charge in [0.15, 0.2) is 0 Å². The van der Waals surface area contributed by atoms with Crippen LogP contribution in [0, 0.1) is 5.82 Å². The normalized spacial score (nSPS) is 22.8. The first-order valence-electron chi connectivity index (χ1n) is 8.64. The van der Waals surface area contributed by atoms with E-state index in [0.717, 1.165) is 32.4 Å². The standard InChI is InChI=1S/C17H21FN4O3/c18-11-1-2-14-15(9-11)22(16(23)19-14)12-3-6-20(7-4-12)13-5-8-21(10-13)17(24)25/h1-2,9,12-13H,3-8,10H2,(H,19,23)(H,24,25)/t13-/m1/s1. The molecular weight excluding hydrogens is 327 g/mol. The minimum Gasteiger partial charge on any atom is -0.465 e.